The van der Waals surface area contributed by atoms with E-state index in [1.54, 1.807) is 0 Å². The van der Waals surface area contributed by atoms with Gasteiger partial charge in [-0.05, 0) is 19.9 Å². The van der Waals surface area contributed by atoms with Crippen LogP contribution in [0.5, 0.6) is 0 Å². The van der Waals surface area contributed by atoms with E-state index in [1.807, 2.05) is 19.9 Å². The minimum absolute atomic E-state index is 0.0458. The highest BCUT2D eigenvalue weighted by Gasteiger charge is 2.19. The van der Waals surface area contributed by atoms with E-state index in [0.717, 1.165) is 11.4 Å². The maximum atomic E-state index is 11.9. The van der Waals surface area contributed by atoms with Gasteiger partial charge in [-0.25, -0.2) is 5.43 Å². The van der Waals surface area contributed by atoms with E-state index in [-0.39, 0.29) is 17.9 Å². The van der Waals surface area contributed by atoms with Crippen molar-refractivity contribution in [3.63, 3.8) is 0 Å². The third kappa shape index (κ3) is 3.64. The van der Waals surface area contributed by atoms with E-state index in [2.05, 4.69) is 26.0 Å². The number of hydrogen-bond donors (Lipinski definition) is 3. The first kappa shape index (κ1) is 13.3. The van der Waals surface area contributed by atoms with Crippen LogP contribution in [-0.4, -0.2) is 33.8 Å². The third-order valence-electron chi connectivity index (χ3n) is 2.82. The number of carbonyl (C=O) groups excluding carboxylic acids is 2. The number of carbonyl (C=O) groups is 2. The molecule has 0 bridgehead atoms. The lowest BCUT2D eigenvalue weighted by Crippen LogP contribution is -2.41. The van der Waals surface area contributed by atoms with Crippen LogP contribution in [-0.2, 0) is 16.0 Å². The predicted molar refractivity (Wildman–Crippen MR) is 69.4 cm³/mol. The number of aryl methyl sites for hydroxylation is 1. The number of nitrogens with zero attached hydrogens (tertiary/aromatic N) is 2. The van der Waals surface area contributed by atoms with Crippen LogP contribution in [0.15, 0.2) is 11.2 Å². The standard InChI is InChI=1S/C12H17N5O2/c1-7(5-9-6-8(2)14-15-9)13-12(19)10-3-4-11(18)17-16-10/h6-7H,3-5H2,1-2H3,(H,13,19)(H,14,15)(H,17,18)/t7-/m0/s1. The molecule has 0 aliphatic carbocycles. The summed E-state index contributed by atoms with van der Waals surface area (Å²) in [6.45, 7) is 3.84. The van der Waals surface area contributed by atoms with Crippen molar-refractivity contribution in [3.8, 4) is 0 Å². The Kier molecular flexibility index (Phi) is 3.94. The average molecular weight is 263 g/mol. The van der Waals surface area contributed by atoms with E-state index in [4.69, 9.17) is 0 Å². The molecule has 0 fully saturated rings. The summed E-state index contributed by atoms with van der Waals surface area (Å²) < 4.78 is 0. The number of H-pyrrole nitrogens is 1. The van der Waals surface area contributed by atoms with Crippen molar-refractivity contribution in [2.75, 3.05) is 0 Å². The highest BCUT2D eigenvalue weighted by atomic mass is 16.2. The SMILES string of the molecule is Cc1cc(C[C@H](C)NC(=O)C2=NNC(=O)CC2)n[nH]1. The Balaban J connectivity index is 1.86. The molecule has 7 nitrogen and oxygen atoms in total. The van der Waals surface area contributed by atoms with Crippen molar-refractivity contribution in [2.24, 2.45) is 5.10 Å². The predicted octanol–water partition coefficient (Wildman–Crippen LogP) is 0.0313. The molecule has 1 aromatic rings. The Hall–Kier alpha value is -2.18. The molecule has 2 amide bonds. The van der Waals surface area contributed by atoms with Crippen molar-refractivity contribution in [3.05, 3.63) is 17.5 Å². The minimum Gasteiger partial charge on any atom is -0.348 e. The molecule has 19 heavy (non-hydrogen) atoms. The average Bonchev–Trinajstić information content (AvgIpc) is 2.75. The van der Waals surface area contributed by atoms with E-state index in [9.17, 15) is 9.59 Å². The summed E-state index contributed by atoms with van der Waals surface area (Å²) in [6.07, 6.45) is 1.33. The largest absolute Gasteiger partial charge is 0.348 e. The molecule has 0 radical (unpaired) electrons. The monoisotopic (exact) mass is 263 g/mol. The number of hydrogen-bond acceptors (Lipinski definition) is 4. The summed E-state index contributed by atoms with van der Waals surface area (Å²) >= 11 is 0. The van der Waals surface area contributed by atoms with Crippen molar-refractivity contribution < 1.29 is 9.59 Å². The van der Waals surface area contributed by atoms with E-state index in [0.29, 0.717) is 25.0 Å². The molecule has 1 aliphatic rings. The first-order valence-electron chi connectivity index (χ1n) is 6.21. The number of aromatic amines is 1. The first-order chi connectivity index (χ1) is 9.04. The second kappa shape index (κ2) is 5.64. The fourth-order valence-corrected chi connectivity index (χ4v) is 1.89. The highest BCUT2D eigenvalue weighted by Crippen LogP contribution is 2.03. The molecule has 2 heterocycles. The zero-order chi connectivity index (χ0) is 13.8. The number of amides is 2. The van der Waals surface area contributed by atoms with Crippen molar-refractivity contribution in [1.82, 2.24) is 20.9 Å². The highest BCUT2D eigenvalue weighted by molar-refractivity contribution is 6.39. The summed E-state index contributed by atoms with van der Waals surface area (Å²) in [7, 11) is 0. The van der Waals surface area contributed by atoms with Gasteiger partial charge in [0.25, 0.3) is 5.91 Å². The summed E-state index contributed by atoms with van der Waals surface area (Å²) in [5, 5.41) is 13.6. The number of aromatic nitrogens is 2. The van der Waals surface area contributed by atoms with Gasteiger partial charge in [-0.2, -0.15) is 10.2 Å². The van der Waals surface area contributed by atoms with Gasteiger partial charge in [0, 0.05) is 31.0 Å². The molecular weight excluding hydrogens is 246 g/mol. The molecule has 3 N–H and O–H groups in total. The number of nitrogens with one attached hydrogen (secondary N) is 3. The maximum absolute atomic E-state index is 11.9. The van der Waals surface area contributed by atoms with Crippen LogP contribution >= 0.6 is 0 Å². The van der Waals surface area contributed by atoms with Crippen LogP contribution in [0.4, 0.5) is 0 Å². The molecule has 0 saturated carbocycles. The zero-order valence-electron chi connectivity index (χ0n) is 11.0. The lowest BCUT2D eigenvalue weighted by Gasteiger charge is -2.15. The van der Waals surface area contributed by atoms with Gasteiger partial charge in [-0.3, -0.25) is 14.7 Å². The number of hydrazone groups is 1. The molecule has 0 spiro atoms. The molecule has 7 heteroatoms. The Morgan fingerprint density at radius 3 is 2.89 bits per heavy atom. The van der Waals surface area contributed by atoms with Gasteiger partial charge in [-0.1, -0.05) is 0 Å². The van der Waals surface area contributed by atoms with Crippen LogP contribution < -0.4 is 10.7 Å². The summed E-state index contributed by atoms with van der Waals surface area (Å²) in [4.78, 5) is 22.8. The van der Waals surface area contributed by atoms with E-state index >= 15 is 0 Å². The lowest BCUT2D eigenvalue weighted by molar-refractivity contribution is -0.121. The van der Waals surface area contributed by atoms with Crippen LogP contribution in [0.3, 0.4) is 0 Å². The van der Waals surface area contributed by atoms with Crippen molar-refractivity contribution in [2.45, 2.75) is 39.2 Å². The Morgan fingerprint density at radius 1 is 1.53 bits per heavy atom. The van der Waals surface area contributed by atoms with Crippen LogP contribution in [0.2, 0.25) is 0 Å². The molecule has 0 aromatic carbocycles. The fraction of sp³-hybridized carbons (Fsp3) is 0.500. The van der Waals surface area contributed by atoms with Gasteiger partial charge in [0.2, 0.25) is 5.91 Å². The summed E-state index contributed by atoms with van der Waals surface area (Å²) in [5.41, 5.74) is 4.58. The van der Waals surface area contributed by atoms with Gasteiger partial charge in [0.1, 0.15) is 5.71 Å². The molecule has 0 unspecified atom stereocenters. The quantitative estimate of drug-likeness (QED) is 0.714. The first-order valence-corrected chi connectivity index (χ1v) is 6.21. The van der Waals surface area contributed by atoms with Gasteiger partial charge < -0.3 is 5.32 Å². The smallest absolute Gasteiger partial charge is 0.267 e. The lowest BCUT2D eigenvalue weighted by atomic mass is 10.1. The molecule has 2 rings (SSSR count). The second-order valence-electron chi connectivity index (χ2n) is 4.71. The summed E-state index contributed by atoms with van der Waals surface area (Å²) in [6, 6.07) is 1.90. The van der Waals surface area contributed by atoms with Crippen molar-refractivity contribution in [1.29, 1.82) is 0 Å². The fourth-order valence-electron chi connectivity index (χ4n) is 1.89. The molecule has 102 valence electrons. The number of rotatable bonds is 4. The maximum Gasteiger partial charge on any atom is 0.267 e. The molecule has 0 saturated heterocycles. The van der Waals surface area contributed by atoms with Crippen LogP contribution in [0.25, 0.3) is 0 Å². The molecular formula is C12H17N5O2. The summed E-state index contributed by atoms with van der Waals surface area (Å²) in [5.74, 6) is -0.392. The molecule has 1 aliphatic heterocycles. The van der Waals surface area contributed by atoms with E-state index < -0.39 is 0 Å². The topological polar surface area (TPSA) is 99.2 Å². The normalized spacial score (nSPS) is 16.5. The zero-order valence-corrected chi connectivity index (χ0v) is 11.0. The Bertz CT molecular complexity index is 520. The van der Waals surface area contributed by atoms with Crippen molar-refractivity contribution >= 4 is 17.5 Å². The third-order valence-corrected chi connectivity index (χ3v) is 2.82. The van der Waals surface area contributed by atoms with Gasteiger partial charge in [0.05, 0.1) is 5.69 Å². The van der Waals surface area contributed by atoms with Crippen LogP contribution in [0, 0.1) is 6.92 Å². The molecule has 1 atom stereocenters. The van der Waals surface area contributed by atoms with Crippen LogP contribution in [0.1, 0.15) is 31.2 Å². The van der Waals surface area contributed by atoms with Gasteiger partial charge in [0.15, 0.2) is 0 Å². The van der Waals surface area contributed by atoms with E-state index in [1.165, 1.54) is 0 Å². The Labute approximate surface area is 110 Å². The van der Waals surface area contributed by atoms with Gasteiger partial charge >= 0.3 is 0 Å². The molecule has 1 aromatic heterocycles. The second-order valence-corrected chi connectivity index (χ2v) is 4.71. The minimum atomic E-state index is -0.236. The van der Waals surface area contributed by atoms with Gasteiger partial charge in [-0.15, -0.1) is 0 Å². The Morgan fingerprint density at radius 2 is 2.32 bits per heavy atom.